The number of allylic oxidation sites excluding steroid dienone is 13. The van der Waals surface area contributed by atoms with E-state index in [1.165, 1.54) is 66.8 Å². The van der Waals surface area contributed by atoms with E-state index in [-0.39, 0.29) is 10.8 Å². The smallest absolute Gasteiger partial charge is 0.0487 e. The quantitative estimate of drug-likeness (QED) is 0.157. The van der Waals surface area contributed by atoms with Gasteiger partial charge in [0.05, 0.1) is 0 Å². The van der Waals surface area contributed by atoms with Crippen molar-refractivity contribution in [2.45, 2.75) is 65.2 Å². The van der Waals surface area contributed by atoms with Crippen LogP contribution in [-0.2, 0) is 10.8 Å². The van der Waals surface area contributed by atoms with Gasteiger partial charge in [-0.2, -0.15) is 0 Å². The van der Waals surface area contributed by atoms with Gasteiger partial charge < -0.3 is 4.90 Å². The summed E-state index contributed by atoms with van der Waals surface area (Å²) in [5.74, 6) is 0. The van der Waals surface area contributed by atoms with Gasteiger partial charge in [0.1, 0.15) is 0 Å². The zero-order valence-corrected chi connectivity index (χ0v) is 32.1. The molecule has 0 amide bonds. The van der Waals surface area contributed by atoms with Gasteiger partial charge in [0.2, 0.25) is 0 Å². The second kappa shape index (κ2) is 14.1. The SMILES string of the molecule is C=C/C(=C\C=C(/C)C1=CC=CCC1)N(/C=C/C1=C(/C=C\C)c2cc3c(cc2C1(C)C)-c1c(Cl)cccc1C3(C)C)c1ccc(-c2ccccc2)cc1. The molecule has 0 saturated carbocycles. The van der Waals surface area contributed by atoms with Crippen LogP contribution in [0.15, 0.2) is 175 Å². The van der Waals surface area contributed by atoms with Crippen molar-refractivity contribution >= 4 is 22.9 Å². The average Bonchev–Trinajstić information content (AvgIpc) is 3.51. The summed E-state index contributed by atoms with van der Waals surface area (Å²) in [7, 11) is 0. The maximum atomic E-state index is 6.91. The predicted molar refractivity (Wildman–Crippen MR) is 226 cm³/mol. The summed E-state index contributed by atoms with van der Waals surface area (Å²) in [6, 6.07) is 30.6. The van der Waals surface area contributed by atoms with Crippen molar-refractivity contribution in [2.24, 2.45) is 0 Å². The molecule has 4 aromatic rings. The molecule has 4 aromatic carbocycles. The van der Waals surface area contributed by atoms with Crippen LogP contribution in [0.1, 0.15) is 76.6 Å². The molecule has 52 heavy (non-hydrogen) atoms. The third-order valence-corrected chi connectivity index (χ3v) is 11.5. The van der Waals surface area contributed by atoms with E-state index in [1.807, 2.05) is 12.1 Å². The fraction of sp³-hybridized carbons (Fsp3) is 0.200. The van der Waals surface area contributed by atoms with Crippen LogP contribution in [0.3, 0.4) is 0 Å². The Labute approximate surface area is 316 Å². The number of nitrogens with zero attached hydrogens (tertiary/aromatic N) is 1. The lowest BCUT2D eigenvalue weighted by Gasteiger charge is -2.26. The number of hydrogen-bond acceptors (Lipinski definition) is 1. The maximum Gasteiger partial charge on any atom is 0.0487 e. The lowest BCUT2D eigenvalue weighted by Crippen LogP contribution is -2.19. The van der Waals surface area contributed by atoms with Crippen LogP contribution in [0.2, 0.25) is 5.02 Å². The molecule has 0 fully saturated rings. The van der Waals surface area contributed by atoms with E-state index in [0.29, 0.717) is 0 Å². The molecule has 3 aliphatic carbocycles. The van der Waals surface area contributed by atoms with Crippen molar-refractivity contribution in [1.82, 2.24) is 0 Å². The summed E-state index contributed by atoms with van der Waals surface area (Å²) in [4.78, 5) is 2.26. The van der Waals surface area contributed by atoms with Gasteiger partial charge in [-0.3, -0.25) is 0 Å². The zero-order chi connectivity index (χ0) is 36.6. The molecule has 0 aromatic heterocycles. The van der Waals surface area contributed by atoms with Crippen molar-refractivity contribution in [3.8, 4) is 22.3 Å². The van der Waals surface area contributed by atoms with E-state index in [9.17, 15) is 0 Å². The molecular formula is C50H48ClN. The summed E-state index contributed by atoms with van der Waals surface area (Å²) >= 11 is 6.91. The standard InChI is InChI=1S/C50H48ClN/c1-8-17-40-41-32-46-42(48-44(50(46,6)7)22-16-23-47(48)51)33-45(41)49(4,5)43(40)30-31-52(38(9-2)27-24-34(3)35-18-12-10-13-19-35)39-28-25-37(26-29-39)36-20-14-11-15-21-36/h8-12,14-18,20-33H,2,13,19H2,1,3-7H3/b17-8-,31-30+,34-24+,38-27+. The fourth-order valence-corrected chi connectivity index (χ4v) is 8.49. The zero-order valence-electron chi connectivity index (χ0n) is 31.3. The van der Waals surface area contributed by atoms with Crippen molar-refractivity contribution in [1.29, 1.82) is 0 Å². The molecule has 0 aliphatic heterocycles. The number of rotatable bonds is 9. The summed E-state index contributed by atoms with van der Waals surface area (Å²) in [5, 5.41) is 0.819. The topological polar surface area (TPSA) is 3.24 Å². The lowest BCUT2D eigenvalue weighted by atomic mass is 9.78. The lowest BCUT2D eigenvalue weighted by molar-refractivity contribution is 0.646. The highest BCUT2D eigenvalue weighted by molar-refractivity contribution is 6.34. The summed E-state index contributed by atoms with van der Waals surface area (Å²) < 4.78 is 0. The van der Waals surface area contributed by atoms with Gasteiger partial charge in [0.25, 0.3) is 0 Å². The average molecular weight is 698 g/mol. The first-order chi connectivity index (χ1) is 25.1. The van der Waals surface area contributed by atoms with Gasteiger partial charge in [-0.25, -0.2) is 0 Å². The Hall–Kier alpha value is -5.11. The van der Waals surface area contributed by atoms with Crippen LogP contribution in [0.25, 0.3) is 27.8 Å². The van der Waals surface area contributed by atoms with Gasteiger partial charge >= 0.3 is 0 Å². The first-order valence-electron chi connectivity index (χ1n) is 18.4. The third-order valence-electron chi connectivity index (χ3n) is 11.2. The fourth-order valence-electron chi connectivity index (χ4n) is 8.21. The molecule has 3 aliphatic rings. The minimum Gasteiger partial charge on any atom is -0.317 e. The molecular weight excluding hydrogens is 650 g/mol. The number of fused-ring (bicyclic) bond motifs is 4. The van der Waals surface area contributed by atoms with E-state index in [2.05, 4.69) is 187 Å². The Morgan fingerprint density at radius 3 is 2.19 bits per heavy atom. The Morgan fingerprint density at radius 2 is 1.50 bits per heavy atom. The third kappa shape index (κ3) is 6.22. The van der Waals surface area contributed by atoms with Gasteiger partial charge in [-0.1, -0.05) is 137 Å². The maximum absolute atomic E-state index is 6.91. The van der Waals surface area contributed by atoms with E-state index in [1.54, 1.807) is 0 Å². The number of benzene rings is 4. The molecule has 260 valence electrons. The Morgan fingerprint density at radius 1 is 0.788 bits per heavy atom. The van der Waals surface area contributed by atoms with Crippen molar-refractivity contribution in [3.63, 3.8) is 0 Å². The van der Waals surface area contributed by atoms with Crippen molar-refractivity contribution in [2.75, 3.05) is 4.90 Å². The van der Waals surface area contributed by atoms with E-state index >= 15 is 0 Å². The van der Waals surface area contributed by atoms with Crippen molar-refractivity contribution < 1.29 is 0 Å². The highest BCUT2D eigenvalue weighted by Crippen LogP contribution is 2.56. The molecule has 2 heteroatoms. The van der Waals surface area contributed by atoms with E-state index in [4.69, 9.17) is 11.6 Å². The molecule has 0 unspecified atom stereocenters. The first-order valence-corrected chi connectivity index (χ1v) is 18.8. The van der Waals surface area contributed by atoms with Crippen LogP contribution < -0.4 is 4.90 Å². The normalized spacial score (nSPS) is 17.4. The molecule has 0 spiro atoms. The second-order valence-corrected chi connectivity index (χ2v) is 15.5. The Balaban J connectivity index is 1.34. The number of hydrogen-bond donors (Lipinski definition) is 0. The Bertz CT molecular complexity index is 2260. The molecule has 0 saturated heterocycles. The monoisotopic (exact) mass is 697 g/mol. The van der Waals surface area contributed by atoms with Gasteiger partial charge in [-0.05, 0) is 136 Å². The molecule has 0 heterocycles. The van der Waals surface area contributed by atoms with Gasteiger partial charge in [-0.15, -0.1) is 0 Å². The molecule has 0 radical (unpaired) electrons. The summed E-state index contributed by atoms with van der Waals surface area (Å²) in [6.45, 7) is 17.9. The molecule has 0 bridgehead atoms. The van der Waals surface area contributed by atoms with Crippen LogP contribution in [0.4, 0.5) is 5.69 Å². The predicted octanol–water partition coefficient (Wildman–Crippen LogP) is 14.2. The molecule has 0 atom stereocenters. The largest absolute Gasteiger partial charge is 0.317 e. The highest BCUT2D eigenvalue weighted by atomic mass is 35.5. The van der Waals surface area contributed by atoms with Crippen molar-refractivity contribution in [3.05, 3.63) is 202 Å². The van der Waals surface area contributed by atoms with Gasteiger partial charge in [0, 0.05) is 39.0 Å². The second-order valence-electron chi connectivity index (χ2n) is 15.1. The Kier molecular flexibility index (Phi) is 9.59. The molecule has 7 rings (SSSR count). The van der Waals surface area contributed by atoms with E-state index < -0.39 is 0 Å². The summed E-state index contributed by atoms with van der Waals surface area (Å²) in [5.41, 5.74) is 16.9. The molecule has 1 nitrogen and oxygen atoms in total. The van der Waals surface area contributed by atoms with E-state index in [0.717, 1.165) is 29.2 Å². The summed E-state index contributed by atoms with van der Waals surface area (Å²) in [6.07, 6.45) is 24.2. The molecule has 0 N–H and O–H groups in total. The minimum atomic E-state index is -0.248. The number of anilines is 1. The van der Waals surface area contributed by atoms with Crippen LogP contribution >= 0.6 is 11.6 Å². The first kappa shape index (κ1) is 35.3. The minimum absolute atomic E-state index is 0.143. The van der Waals surface area contributed by atoms with Crippen LogP contribution in [-0.4, -0.2) is 0 Å². The van der Waals surface area contributed by atoms with Gasteiger partial charge in [0.15, 0.2) is 0 Å². The van der Waals surface area contributed by atoms with Crippen LogP contribution in [0, 0.1) is 0 Å². The highest BCUT2D eigenvalue weighted by Gasteiger charge is 2.42. The number of halogens is 1. The van der Waals surface area contributed by atoms with Crippen LogP contribution in [0.5, 0.6) is 0 Å².